The molecule has 2 atom stereocenters. The molecule has 1 spiro atoms. The van der Waals surface area contributed by atoms with E-state index < -0.39 is 11.6 Å². The lowest BCUT2D eigenvalue weighted by atomic mass is 9.68. The molecular weight excluding hydrogens is 490 g/mol. The quantitative estimate of drug-likeness (QED) is 0.411. The summed E-state index contributed by atoms with van der Waals surface area (Å²) in [5, 5.41) is 6.88. The Labute approximate surface area is 222 Å². The van der Waals surface area contributed by atoms with Crippen LogP contribution in [0.5, 0.6) is 0 Å². The smallest absolute Gasteiger partial charge is 0.249 e. The number of H-pyrrole nitrogens is 1. The molecule has 1 fully saturated rings. The van der Waals surface area contributed by atoms with Crippen LogP contribution in [0.1, 0.15) is 44.2 Å². The number of carbonyl (C=O) groups excluding carboxylic acids is 3. The monoisotopic (exact) mass is 523 g/mol. The van der Waals surface area contributed by atoms with Crippen LogP contribution in [-0.2, 0) is 26.2 Å². The molecule has 2 aromatic carbocycles. The molecule has 5 rings (SSSR count). The van der Waals surface area contributed by atoms with Crippen molar-refractivity contribution in [3.8, 4) is 0 Å². The van der Waals surface area contributed by atoms with Crippen molar-refractivity contribution in [2.45, 2.75) is 56.5 Å². The summed E-state index contributed by atoms with van der Waals surface area (Å²) >= 11 is 0. The number of nitrogens with two attached hydrogens (primary N) is 1. The molecule has 8 nitrogen and oxygen atoms in total. The predicted octanol–water partition coefficient (Wildman–Crippen LogP) is 2.94. The highest BCUT2D eigenvalue weighted by Gasteiger charge is 2.44. The fourth-order valence-electron chi connectivity index (χ4n) is 5.56. The minimum Gasteiger partial charge on any atom is -0.361 e. The molecule has 0 radical (unpaired) electrons. The zero-order valence-electron chi connectivity index (χ0n) is 21.2. The Kier molecular flexibility index (Phi) is 7.35. The first kappa shape index (κ1) is 26.7. The van der Waals surface area contributed by atoms with Crippen molar-refractivity contribution in [2.24, 2.45) is 5.73 Å². The van der Waals surface area contributed by atoms with Gasteiger partial charge in [0.1, 0.15) is 6.04 Å². The Bertz CT molecular complexity index is 1330. The number of fused-ring (bicyclic) bond motifs is 3. The van der Waals surface area contributed by atoms with Gasteiger partial charge in [0, 0.05) is 54.1 Å². The van der Waals surface area contributed by atoms with Gasteiger partial charge >= 0.3 is 0 Å². The van der Waals surface area contributed by atoms with Gasteiger partial charge < -0.3 is 26.3 Å². The molecule has 9 heteroatoms. The first-order valence-electron chi connectivity index (χ1n) is 12.5. The zero-order chi connectivity index (χ0) is 25.5. The number of amides is 3. The van der Waals surface area contributed by atoms with Crippen molar-refractivity contribution in [1.29, 1.82) is 0 Å². The third kappa shape index (κ3) is 5.08. The van der Waals surface area contributed by atoms with Crippen molar-refractivity contribution < 1.29 is 14.4 Å². The first-order valence-corrected chi connectivity index (χ1v) is 12.5. The summed E-state index contributed by atoms with van der Waals surface area (Å²) < 4.78 is 0. The third-order valence-electron chi connectivity index (χ3n) is 7.56. The summed E-state index contributed by atoms with van der Waals surface area (Å²) in [6, 6.07) is 15.0. The largest absolute Gasteiger partial charge is 0.361 e. The molecule has 196 valence electrons. The highest BCUT2D eigenvalue weighted by molar-refractivity contribution is 6.02. The maximum atomic E-state index is 14.1. The highest BCUT2D eigenvalue weighted by atomic mass is 35.5. The number of anilines is 1. The maximum Gasteiger partial charge on any atom is 0.249 e. The van der Waals surface area contributed by atoms with E-state index in [2.05, 4.69) is 15.6 Å². The lowest BCUT2D eigenvalue weighted by Gasteiger charge is -2.45. The average molecular weight is 524 g/mol. The van der Waals surface area contributed by atoms with Gasteiger partial charge in [0.15, 0.2) is 0 Å². The highest BCUT2D eigenvalue weighted by Crippen LogP contribution is 2.45. The second-order valence-electron chi connectivity index (χ2n) is 10.6. The first-order chi connectivity index (χ1) is 17.2. The van der Waals surface area contributed by atoms with Crippen LogP contribution in [0.3, 0.4) is 0 Å². The van der Waals surface area contributed by atoms with Gasteiger partial charge in [0.2, 0.25) is 17.7 Å². The van der Waals surface area contributed by atoms with Gasteiger partial charge in [-0.1, -0.05) is 36.4 Å². The van der Waals surface area contributed by atoms with E-state index >= 15 is 0 Å². The van der Waals surface area contributed by atoms with Crippen LogP contribution in [0, 0.1) is 0 Å². The van der Waals surface area contributed by atoms with E-state index in [9.17, 15) is 14.4 Å². The number of hydrogen-bond donors (Lipinski definition) is 4. The number of carbonyl (C=O) groups is 3. The van der Waals surface area contributed by atoms with Gasteiger partial charge in [0.05, 0.1) is 5.54 Å². The summed E-state index contributed by atoms with van der Waals surface area (Å²) in [4.78, 5) is 44.4. The van der Waals surface area contributed by atoms with Crippen molar-refractivity contribution in [1.82, 2.24) is 15.6 Å². The van der Waals surface area contributed by atoms with Crippen LogP contribution in [0.2, 0.25) is 0 Å². The molecule has 37 heavy (non-hydrogen) atoms. The topological polar surface area (TPSA) is 120 Å². The molecular formula is C28H34ClN5O3. The molecule has 1 saturated heterocycles. The number of nitrogens with zero attached hydrogens (tertiary/aromatic N) is 1. The SMILES string of the molecule is CC(C)(N)C(=O)N[C@H](Cc1c[nH]c2ccccc12)C(=O)N1CCC2(CCNC(=O)C2)c2ccccc21.Cl. The van der Waals surface area contributed by atoms with E-state index in [-0.39, 0.29) is 35.5 Å². The predicted molar refractivity (Wildman–Crippen MR) is 147 cm³/mol. The van der Waals surface area contributed by atoms with Crippen molar-refractivity contribution in [2.75, 3.05) is 18.0 Å². The number of benzene rings is 2. The molecule has 5 N–H and O–H groups in total. The Hall–Kier alpha value is -3.36. The number of nitrogens with one attached hydrogen (secondary N) is 3. The number of piperidine rings is 1. The lowest BCUT2D eigenvalue weighted by molar-refractivity contribution is -0.130. The van der Waals surface area contributed by atoms with Crippen LogP contribution in [0.25, 0.3) is 10.9 Å². The normalized spacial score (nSPS) is 20.1. The summed E-state index contributed by atoms with van der Waals surface area (Å²) in [7, 11) is 0. The van der Waals surface area contributed by atoms with Gasteiger partial charge in [-0.15, -0.1) is 12.4 Å². The van der Waals surface area contributed by atoms with Crippen LogP contribution >= 0.6 is 12.4 Å². The Morgan fingerprint density at radius 3 is 2.62 bits per heavy atom. The fourth-order valence-corrected chi connectivity index (χ4v) is 5.56. The Morgan fingerprint density at radius 1 is 1.14 bits per heavy atom. The van der Waals surface area contributed by atoms with Crippen molar-refractivity contribution in [3.05, 3.63) is 65.9 Å². The van der Waals surface area contributed by atoms with E-state index in [1.54, 1.807) is 18.7 Å². The number of para-hydroxylation sites is 2. The molecule has 0 saturated carbocycles. The fraction of sp³-hybridized carbons (Fsp3) is 0.393. The molecule has 1 aromatic heterocycles. The molecule has 0 aliphatic carbocycles. The van der Waals surface area contributed by atoms with Gasteiger partial charge in [0.25, 0.3) is 0 Å². The second-order valence-corrected chi connectivity index (χ2v) is 10.6. The van der Waals surface area contributed by atoms with E-state index in [0.717, 1.165) is 34.1 Å². The summed E-state index contributed by atoms with van der Waals surface area (Å²) in [6.45, 7) is 4.37. The molecule has 0 bridgehead atoms. The number of hydrogen-bond acceptors (Lipinski definition) is 4. The van der Waals surface area contributed by atoms with E-state index in [1.165, 1.54) is 0 Å². The van der Waals surface area contributed by atoms with Crippen molar-refractivity contribution in [3.63, 3.8) is 0 Å². The number of halogens is 1. The van der Waals surface area contributed by atoms with Gasteiger partial charge in [-0.25, -0.2) is 0 Å². The Morgan fingerprint density at radius 2 is 1.86 bits per heavy atom. The summed E-state index contributed by atoms with van der Waals surface area (Å²) in [5.41, 5.74) is 8.43. The van der Waals surface area contributed by atoms with Crippen LogP contribution in [0.15, 0.2) is 54.7 Å². The number of aromatic amines is 1. The standard InChI is InChI=1S/C28H33N5O3.ClH/c1-27(2,29)26(36)32-22(15-18-17-31-21-9-5-3-7-19(18)21)25(35)33-14-12-28(11-13-30-24(34)16-28)20-8-4-6-10-23(20)33;/h3-10,17,22,31H,11-16,29H2,1-2H3,(H,30,34)(H,32,36);1H/t22-,28?;/m1./s1. The zero-order valence-corrected chi connectivity index (χ0v) is 22.0. The third-order valence-corrected chi connectivity index (χ3v) is 7.56. The van der Waals surface area contributed by atoms with Crippen LogP contribution < -0.4 is 21.3 Å². The summed E-state index contributed by atoms with van der Waals surface area (Å²) in [5.74, 6) is -0.516. The van der Waals surface area contributed by atoms with Gasteiger partial charge in [-0.2, -0.15) is 0 Å². The number of aromatic nitrogens is 1. The molecule has 3 amide bonds. The maximum absolute atomic E-state index is 14.1. The Balaban J connectivity index is 0.00000320. The van der Waals surface area contributed by atoms with Crippen molar-refractivity contribution >= 4 is 46.7 Å². The van der Waals surface area contributed by atoms with E-state index in [0.29, 0.717) is 32.4 Å². The average Bonchev–Trinajstić information content (AvgIpc) is 3.26. The summed E-state index contributed by atoms with van der Waals surface area (Å²) in [6.07, 6.45) is 4.18. The minimum absolute atomic E-state index is 0. The van der Waals surface area contributed by atoms with Gasteiger partial charge in [-0.05, 0) is 49.9 Å². The lowest BCUT2D eigenvalue weighted by Crippen LogP contribution is -2.58. The van der Waals surface area contributed by atoms with E-state index in [4.69, 9.17) is 5.73 Å². The van der Waals surface area contributed by atoms with Crippen LogP contribution in [-0.4, -0.2) is 47.4 Å². The molecule has 3 aromatic rings. The van der Waals surface area contributed by atoms with Crippen LogP contribution in [0.4, 0.5) is 5.69 Å². The minimum atomic E-state index is -1.13. The molecule has 3 heterocycles. The van der Waals surface area contributed by atoms with E-state index in [1.807, 2.05) is 54.7 Å². The molecule has 1 unspecified atom stereocenters. The number of rotatable bonds is 5. The van der Waals surface area contributed by atoms with Gasteiger partial charge in [-0.3, -0.25) is 14.4 Å². The molecule has 2 aliphatic heterocycles. The second kappa shape index (κ2) is 10.2. The molecule has 2 aliphatic rings.